The van der Waals surface area contributed by atoms with E-state index in [2.05, 4.69) is 31.3 Å². The van der Waals surface area contributed by atoms with E-state index < -0.39 is 0 Å². The van der Waals surface area contributed by atoms with E-state index in [4.69, 9.17) is 0 Å². The van der Waals surface area contributed by atoms with Gasteiger partial charge in [0.1, 0.15) is 11.4 Å². The third-order valence-corrected chi connectivity index (χ3v) is 2.50. The molecule has 0 saturated heterocycles. The van der Waals surface area contributed by atoms with Crippen molar-refractivity contribution in [2.75, 3.05) is 0 Å². The van der Waals surface area contributed by atoms with Crippen LogP contribution in [0.25, 0.3) is 11.3 Å². The minimum Gasteiger partial charge on any atom is -0.507 e. The molecule has 2 aromatic rings. The summed E-state index contributed by atoms with van der Waals surface area (Å²) in [6.45, 7) is 0. The first-order chi connectivity index (χ1) is 6.29. The third kappa shape index (κ3) is 1.42. The van der Waals surface area contributed by atoms with Gasteiger partial charge in [0, 0.05) is 5.56 Å². The van der Waals surface area contributed by atoms with Crippen molar-refractivity contribution in [1.82, 2.24) is 15.4 Å². The number of aromatic nitrogens is 3. The van der Waals surface area contributed by atoms with E-state index in [9.17, 15) is 5.11 Å². The Bertz CT molecular complexity index is 413. The number of hydrogen-bond acceptors (Lipinski definition) is 3. The Morgan fingerprint density at radius 2 is 2.23 bits per heavy atom. The number of nitrogens with zero attached hydrogens (tertiary/aromatic N) is 2. The Labute approximate surface area is 82.7 Å². The number of aromatic amines is 1. The first-order valence-electron chi connectivity index (χ1n) is 3.62. The summed E-state index contributed by atoms with van der Waals surface area (Å²) < 4.78 is 0.629. The average Bonchev–Trinajstić information content (AvgIpc) is 2.62. The average molecular weight is 240 g/mol. The van der Waals surface area contributed by atoms with Gasteiger partial charge >= 0.3 is 0 Å². The van der Waals surface area contributed by atoms with Crippen LogP contribution in [0, 0.1) is 0 Å². The van der Waals surface area contributed by atoms with Crippen molar-refractivity contribution in [2.24, 2.45) is 0 Å². The van der Waals surface area contributed by atoms with Crippen LogP contribution in [0.5, 0.6) is 5.75 Å². The minimum absolute atomic E-state index is 0.195. The smallest absolute Gasteiger partial charge is 0.130 e. The summed E-state index contributed by atoms with van der Waals surface area (Å²) in [5.41, 5.74) is 1.51. The maximum Gasteiger partial charge on any atom is 0.130 e. The van der Waals surface area contributed by atoms with Crippen LogP contribution in [0.2, 0.25) is 0 Å². The fourth-order valence-corrected chi connectivity index (χ4v) is 1.52. The number of H-pyrrole nitrogens is 1. The Balaban J connectivity index is 2.59. The number of hydrogen-bond donors (Lipinski definition) is 2. The lowest BCUT2D eigenvalue weighted by atomic mass is 10.1. The minimum atomic E-state index is 0.195. The van der Waals surface area contributed by atoms with Crippen LogP contribution in [0.3, 0.4) is 0 Å². The monoisotopic (exact) mass is 239 g/mol. The van der Waals surface area contributed by atoms with Gasteiger partial charge in [-0.1, -0.05) is 12.1 Å². The number of benzene rings is 1. The first-order valence-corrected chi connectivity index (χ1v) is 4.42. The molecule has 0 bridgehead atoms. The van der Waals surface area contributed by atoms with E-state index in [1.165, 1.54) is 0 Å². The van der Waals surface area contributed by atoms with Crippen LogP contribution < -0.4 is 0 Å². The molecule has 1 aromatic heterocycles. The third-order valence-electron chi connectivity index (χ3n) is 1.67. The molecular formula is C8H6BrN3O. The number of nitrogens with one attached hydrogen (secondary N) is 1. The molecule has 0 saturated carbocycles. The number of rotatable bonds is 1. The highest BCUT2D eigenvalue weighted by Gasteiger charge is 2.08. The number of aromatic hydroxyl groups is 1. The molecule has 4 nitrogen and oxygen atoms in total. The second-order valence-electron chi connectivity index (χ2n) is 2.49. The van der Waals surface area contributed by atoms with E-state index in [0.717, 1.165) is 5.56 Å². The van der Waals surface area contributed by atoms with Crippen molar-refractivity contribution < 1.29 is 5.11 Å². The maximum atomic E-state index is 9.39. The Morgan fingerprint density at radius 1 is 1.38 bits per heavy atom. The van der Waals surface area contributed by atoms with Crippen molar-refractivity contribution in [2.45, 2.75) is 0 Å². The standard InChI is InChI=1S/C8H6BrN3O/c9-8-5(2-1-3-7(8)13)6-4-10-12-11-6/h1-4,13H,(H,10,11,12). The Hall–Kier alpha value is -1.36. The van der Waals surface area contributed by atoms with Gasteiger partial charge in [-0.15, -0.1) is 0 Å². The summed E-state index contributed by atoms with van der Waals surface area (Å²) in [5, 5.41) is 19.5. The summed E-state index contributed by atoms with van der Waals surface area (Å²) >= 11 is 3.27. The van der Waals surface area contributed by atoms with Gasteiger partial charge in [0.15, 0.2) is 0 Å². The molecule has 66 valence electrons. The lowest BCUT2D eigenvalue weighted by Gasteiger charge is -2.01. The van der Waals surface area contributed by atoms with Crippen LogP contribution in [0.15, 0.2) is 28.9 Å². The van der Waals surface area contributed by atoms with Crippen molar-refractivity contribution >= 4 is 15.9 Å². The van der Waals surface area contributed by atoms with E-state index in [1.54, 1.807) is 18.3 Å². The molecule has 0 atom stereocenters. The zero-order chi connectivity index (χ0) is 9.26. The van der Waals surface area contributed by atoms with Crippen molar-refractivity contribution in [3.63, 3.8) is 0 Å². The quantitative estimate of drug-likeness (QED) is 0.800. The van der Waals surface area contributed by atoms with Crippen molar-refractivity contribution in [3.8, 4) is 17.0 Å². The van der Waals surface area contributed by atoms with Gasteiger partial charge in [0.05, 0.1) is 10.7 Å². The predicted molar refractivity (Wildman–Crippen MR) is 51.2 cm³/mol. The van der Waals surface area contributed by atoms with Gasteiger partial charge in [-0.3, -0.25) is 0 Å². The van der Waals surface area contributed by atoms with Crippen molar-refractivity contribution in [3.05, 3.63) is 28.9 Å². The van der Waals surface area contributed by atoms with E-state index >= 15 is 0 Å². The van der Waals surface area contributed by atoms with Crippen LogP contribution >= 0.6 is 15.9 Å². The molecule has 2 N–H and O–H groups in total. The number of phenolic OH excluding ortho intramolecular Hbond substituents is 1. The summed E-state index contributed by atoms with van der Waals surface area (Å²) in [7, 11) is 0. The zero-order valence-corrected chi connectivity index (χ0v) is 8.12. The molecule has 0 aliphatic heterocycles. The molecule has 1 heterocycles. The van der Waals surface area contributed by atoms with Crippen LogP contribution in [0.4, 0.5) is 0 Å². The fraction of sp³-hybridized carbons (Fsp3) is 0. The molecule has 13 heavy (non-hydrogen) atoms. The number of halogens is 1. The van der Waals surface area contributed by atoms with Gasteiger partial charge in [0.25, 0.3) is 0 Å². The van der Waals surface area contributed by atoms with E-state index in [-0.39, 0.29) is 5.75 Å². The van der Waals surface area contributed by atoms with Gasteiger partial charge < -0.3 is 5.11 Å². The Morgan fingerprint density at radius 3 is 2.92 bits per heavy atom. The van der Waals surface area contributed by atoms with Crippen molar-refractivity contribution in [1.29, 1.82) is 0 Å². The van der Waals surface area contributed by atoms with E-state index in [1.807, 2.05) is 6.07 Å². The molecule has 0 unspecified atom stereocenters. The van der Waals surface area contributed by atoms with E-state index in [0.29, 0.717) is 10.2 Å². The Kier molecular flexibility index (Phi) is 2.02. The first kappa shape index (κ1) is 8.25. The lowest BCUT2D eigenvalue weighted by molar-refractivity contribution is 0.472. The SMILES string of the molecule is Oc1cccc(-c2cn[nH]n2)c1Br. The normalized spacial score (nSPS) is 10.2. The molecule has 2 rings (SSSR count). The zero-order valence-electron chi connectivity index (χ0n) is 6.53. The van der Waals surface area contributed by atoms with Gasteiger partial charge in [-0.25, -0.2) is 0 Å². The topological polar surface area (TPSA) is 61.8 Å². The van der Waals surface area contributed by atoms with Gasteiger partial charge in [0.2, 0.25) is 0 Å². The van der Waals surface area contributed by atoms with Crippen LogP contribution in [-0.4, -0.2) is 20.5 Å². The summed E-state index contributed by atoms with van der Waals surface area (Å²) in [6, 6.07) is 5.21. The molecule has 0 amide bonds. The molecule has 1 aromatic carbocycles. The van der Waals surface area contributed by atoms with Crippen LogP contribution in [0.1, 0.15) is 0 Å². The summed E-state index contributed by atoms with van der Waals surface area (Å²) in [6.07, 6.45) is 1.60. The second kappa shape index (κ2) is 3.18. The maximum absolute atomic E-state index is 9.39. The molecule has 5 heteroatoms. The molecule has 0 spiro atoms. The molecular weight excluding hydrogens is 234 g/mol. The fourth-order valence-electron chi connectivity index (χ4n) is 1.05. The summed E-state index contributed by atoms with van der Waals surface area (Å²) in [5.74, 6) is 0.195. The largest absolute Gasteiger partial charge is 0.507 e. The molecule has 0 aliphatic carbocycles. The molecule has 0 aliphatic rings. The van der Waals surface area contributed by atoms with Gasteiger partial charge in [-0.2, -0.15) is 15.4 Å². The molecule has 0 radical (unpaired) electrons. The highest BCUT2D eigenvalue weighted by atomic mass is 79.9. The highest BCUT2D eigenvalue weighted by molar-refractivity contribution is 9.10. The predicted octanol–water partition coefficient (Wildman–Crippen LogP) is 1.94. The second-order valence-corrected chi connectivity index (χ2v) is 3.29. The van der Waals surface area contributed by atoms with Gasteiger partial charge in [-0.05, 0) is 22.0 Å². The summed E-state index contributed by atoms with van der Waals surface area (Å²) in [4.78, 5) is 0. The lowest BCUT2D eigenvalue weighted by Crippen LogP contribution is -1.80. The molecule has 0 fully saturated rings. The van der Waals surface area contributed by atoms with Crippen LogP contribution in [-0.2, 0) is 0 Å². The number of phenols is 1. The highest BCUT2D eigenvalue weighted by Crippen LogP contribution is 2.33.